The summed E-state index contributed by atoms with van der Waals surface area (Å²) in [5, 5.41) is 84.8. The van der Waals surface area contributed by atoms with Gasteiger partial charge in [0.05, 0.1) is 32.0 Å². The molecule has 0 aromatic heterocycles. The third-order valence-corrected chi connectivity index (χ3v) is 10.1. The molecule has 0 aromatic carbocycles. The molecule has 0 aliphatic carbocycles. The highest BCUT2D eigenvalue weighted by atomic mass is 16.7. The number of hydrogen-bond donors (Lipinski definition) is 9. The van der Waals surface area contributed by atoms with Crippen molar-refractivity contribution < 1.29 is 64.6 Å². The second-order valence-corrected chi connectivity index (χ2v) is 14.8. The van der Waals surface area contributed by atoms with E-state index < -0.39 is 92.7 Å². The minimum atomic E-state index is -1.79. The predicted octanol–water partition coefficient (Wildman–Crippen LogP) is 2.81. The lowest BCUT2D eigenvalue weighted by atomic mass is 9.97. The molecule has 2 rings (SSSR count). The molecule has 1 amide bonds. The molecule has 0 bridgehead atoms. The fourth-order valence-electron chi connectivity index (χ4n) is 6.71. The van der Waals surface area contributed by atoms with Crippen molar-refractivity contribution in [3.63, 3.8) is 0 Å². The van der Waals surface area contributed by atoms with Gasteiger partial charge in [-0.1, -0.05) is 114 Å². The third-order valence-electron chi connectivity index (χ3n) is 10.1. The molecule has 2 fully saturated rings. The number of nitrogens with one attached hydrogen (secondary N) is 1. The number of rotatable bonds is 29. The van der Waals surface area contributed by atoms with Gasteiger partial charge >= 0.3 is 0 Å². The monoisotopic (exact) mass is 788 g/mol. The average Bonchev–Trinajstić information content (AvgIpc) is 3.17. The van der Waals surface area contributed by atoms with Crippen molar-refractivity contribution in [1.82, 2.24) is 5.32 Å². The Morgan fingerprint density at radius 1 is 0.636 bits per heavy atom. The molecule has 0 radical (unpaired) electrons. The van der Waals surface area contributed by atoms with Crippen LogP contribution < -0.4 is 5.32 Å². The molecule has 0 aromatic rings. The van der Waals surface area contributed by atoms with Gasteiger partial charge < -0.3 is 65.1 Å². The second kappa shape index (κ2) is 29.4. The van der Waals surface area contributed by atoms with E-state index in [1.54, 1.807) is 12.2 Å². The largest absolute Gasteiger partial charge is 0.394 e. The number of carbonyl (C=O) groups is 1. The minimum absolute atomic E-state index is 0.331. The van der Waals surface area contributed by atoms with Gasteiger partial charge in [-0.25, -0.2) is 0 Å². The smallest absolute Gasteiger partial charge is 0.217 e. The number of unbranched alkanes of at least 4 members (excludes halogenated alkanes) is 14. The van der Waals surface area contributed by atoms with Crippen LogP contribution in [-0.2, 0) is 23.7 Å². The molecule has 2 saturated heterocycles. The summed E-state index contributed by atoms with van der Waals surface area (Å²) in [6.45, 7) is 1.78. The standard InChI is InChI=1S/C41H73NO13/c1-3-4-5-6-7-8-9-10-11-12-13-14-15-16-17-18-19-20-21-22-23-24-25-31(46)30(42-29(2)45)28-52-40-38(51)36(49)39(33(27-44)54-40)55-41-37(50)35(48)34(47)32(26-43)53-41/h16-17,20-21,24-25,30-41,43-44,46-51H,3-15,18-19,22-23,26-28H2,1-2H3,(H,42,45)/b17-16+,21-20+,25-24+. The average molecular weight is 788 g/mol. The van der Waals surface area contributed by atoms with Crippen molar-refractivity contribution in [1.29, 1.82) is 0 Å². The summed E-state index contributed by atoms with van der Waals surface area (Å²) >= 11 is 0. The van der Waals surface area contributed by atoms with E-state index in [2.05, 4.69) is 36.5 Å². The van der Waals surface area contributed by atoms with Crippen LogP contribution in [0.25, 0.3) is 0 Å². The third kappa shape index (κ3) is 19.0. The summed E-state index contributed by atoms with van der Waals surface area (Å²) in [6.07, 6.45) is 16.0. The highest BCUT2D eigenvalue weighted by Gasteiger charge is 2.50. The molecule has 2 aliphatic rings. The second-order valence-electron chi connectivity index (χ2n) is 14.8. The Balaban J connectivity index is 1.67. The highest BCUT2D eigenvalue weighted by molar-refractivity contribution is 5.73. The van der Waals surface area contributed by atoms with E-state index in [1.165, 1.54) is 84.0 Å². The van der Waals surface area contributed by atoms with Gasteiger partial charge in [0.1, 0.15) is 48.8 Å². The first-order chi connectivity index (χ1) is 26.5. The van der Waals surface area contributed by atoms with Crippen LogP contribution in [0.15, 0.2) is 36.5 Å². The number of aliphatic hydroxyl groups is 8. The molecule has 2 heterocycles. The van der Waals surface area contributed by atoms with Crippen LogP contribution in [0.5, 0.6) is 0 Å². The van der Waals surface area contributed by atoms with Crippen molar-refractivity contribution in [2.24, 2.45) is 0 Å². The first kappa shape index (κ1) is 49.4. The molecular formula is C41H73NO13. The van der Waals surface area contributed by atoms with Crippen molar-refractivity contribution >= 4 is 5.91 Å². The lowest BCUT2D eigenvalue weighted by Gasteiger charge is -2.46. The zero-order chi connectivity index (χ0) is 40.4. The van der Waals surface area contributed by atoms with Gasteiger partial charge in [-0.2, -0.15) is 0 Å². The molecule has 14 heteroatoms. The van der Waals surface area contributed by atoms with E-state index in [-0.39, 0.29) is 6.61 Å². The summed E-state index contributed by atoms with van der Waals surface area (Å²) in [5.74, 6) is -0.432. The van der Waals surface area contributed by atoms with Crippen LogP contribution in [-0.4, -0.2) is 140 Å². The van der Waals surface area contributed by atoms with Gasteiger partial charge in [0.15, 0.2) is 12.6 Å². The van der Waals surface area contributed by atoms with Crippen LogP contribution in [0.3, 0.4) is 0 Å². The maximum atomic E-state index is 11.9. The Morgan fingerprint density at radius 2 is 1.13 bits per heavy atom. The first-order valence-corrected chi connectivity index (χ1v) is 20.7. The van der Waals surface area contributed by atoms with Crippen LogP contribution in [0.1, 0.15) is 123 Å². The number of carbonyl (C=O) groups excluding carboxylic acids is 1. The van der Waals surface area contributed by atoms with E-state index in [0.29, 0.717) is 6.42 Å². The molecule has 55 heavy (non-hydrogen) atoms. The molecular weight excluding hydrogens is 714 g/mol. The maximum absolute atomic E-state index is 11.9. The normalized spacial score (nSPS) is 30.1. The topological polar surface area (TPSA) is 228 Å². The number of allylic oxidation sites excluding steroid dienone is 5. The van der Waals surface area contributed by atoms with Gasteiger partial charge in [0.25, 0.3) is 0 Å². The van der Waals surface area contributed by atoms with Gasteiger partial charge in [-0.15, -0.1) is 0 Å². The summed E-state index contributed by atoms with van der Waals surface area (Å²) < 4.78 is 22.1. The van der Waals surface area contributed by atoms with E-state index >= 15 is 0 Å². The number of ether oxygens (including phenoxy) is 4. The summed E-state index contributed by atoms with van der Waals surface area (Å²) in [4.78, 5) is 11.9. The Kier molecular flexibility index (Phi) is 26.4. The van der Waals surface area contributed by atoms with Crippen LogP contribution in [0.2, 0.25) is 0 Å². The quantitative estimate of drug-likeness (QED) is 0.0393. The zero-order valence-corrected chi connectivity index (χ0v) is 33.2. The molecule has 9 N–H and O–H groups in total. The zero-order valence-electron chi connectivity index (χ0n) is 33.2. The molecule has 0 saturated carbocycles. The van der Waals surface area contributed by atoms with Crippen molar-refractivity contribution in [3.8, 4) is 0 Å². The van der Waals surface area contributed by atoms with Gasteiger partial charge in [0, 0.05) is 6.92 Å². The molecule has 2 aliphatic heterocycles. The molecule has 14 nitrogen and oxygen atoms in total. The fraction of sp³-hybridized carbons (Fsp3) is 0.829. The number of aliphatic hydroxyl groups excluding tert-OH is 8. The SMILES string of the molecule is CCCCCCCCCCCCCC/C=C/CC/C=C/CC/C=C/C(O)C(COC1OC(CO)C(OC2OC(CO)C(O)C(O)C2O)C(O)C1O)NC(C)=O. The Hall–Kier alpha value is -1.79. The number of amides is 1. The number of hydrogen-bond acceptors (Lipinski definition) is 13. The predicted molar refractivity (Wildman–Crippen MR) is 208 cm³/mol. The molecule has 320 valence electrons. The Morgan fingerprint density at radius 3 is 1.67 bits per heavy atom. The lowest BCUT2D eigenvalue weighted by molar-refractivity contribution is -0.359. The fourth-order valence-corrected chi connectivity index (χ4v) is 6.71. The van der Waals surface area contributed by atoms with Crippen LogP contribution in [0.4, 0.5) is 0 Å². The molecule has 12 atom stereocenters. The van der Waals surface area contributed by atoms with Gasteiger partial charge in [-0.05, 0) is 38.5 Å². The van der Waals surface area contributed by atoms with E-state index in [9.17, 15) is 45.6 Å². The van der Waals surface area contributed by atoms with Crippen molar-refractivity contribution in [3.05, 3.63) is 36.5 Å². The van der Waals surface area contributed by atoms with Crippen LogP contribution >= 0.6 is 0 Å². The lowest BCUT2D eigenvalue weighted by Crippen LogP contribution is -2.65. The maximum Gasteiger partial charge on any atom is 0.217 e. The van der Waals surface area contributed by atoms with E-state index in [0.717, 1.165) is 25.7 Å². The van der Waals surface area contributed by atoms with Crippen molar-refractivity contribution in [2.45, 2.75) is 197 Å². The first-order valence-electron chi connectivity index (χ1n) is 20.7. The minimum Gasteiger partial charge on any atom is -0.394 e. The van der Waals surface area contributed by atoms with Crippen molar-refractivity contribution in [2.75, 3.05) is 19.8 Å². The Labute approximate surface area is 328 Å². The highest BCUT2D eigenvalue weighted by Crippen LogP contribution is 2.29. The Bertz CT molecular complexity index is 1070. The summed E-state index contributed by atoms with van der Waals surface area (Å²) in [6, 6.07) is -0.936. The van der Waals surface area contributed by atoms with Gasteiger partial charge in [0.2, 0.25) is 5.91 Å². The van der Waals surface area contributed by atoms with E-state index in [1.807, 2.05) is 0 Å². The van der Waals surface area contributed by atoms with Gasteiger partial charge in [-0.3, -0.25) is 4.79 Å². The molecule has 0 spiro atoms. The summed E-state index contributed by atoms with van der Waals surface area (Å²) in [5.41, 5.74) is 0. The molecule has 12 unspecified atom stereocenters. The van der Waals surface area contributed by atoms with Crippen LogP contribution in [0, 0.1) is 0 Å². The summed E-state index contributed by atoms with van der Waals surface area (Å²) in [7, 11) is 0. The van der Waals surface area contributed by atoms with E-state index in [4.69, 9.17) is 18.9 Å².